The number of aromatic nitrogens is 4. The Morgan fingerprint density at radius 2 is 2.21 bits per heavy atom. The summed E-state index contributed by atoms with van der Waals surface area (Å²) in [5, 5.41) is 7.62. The minimum absolute atomic E-state index is 0.00952. The van der Waals surface area contributed by atoms with Gasteiger partial charge in [0.15, 0.2) is 5.82 Å². The number of amides is 1. The second-order valence-electron chi connectivity index (χ2n) is 5.74. The van der Waals surface area contributed by atoms with Gasteiger partial charge in [0.1, 0.15) is 12.7 Å². The number of pyridine rings is 1. The van der Waals surface area contributed by atoms with Crippen molar-refractivity contribution in [1.82, 2.24) is 19.7 Å². The van der Waals surface area contributed by atoms with Gasteiger partial charge in [0.25, 0.3) is 0 Å². The van der Waals surface area contributed by atoms with Crippen molar-refractivity contribution in [2.24, 2.45) is 5.92 Å². The molecule has 24 heavy (non-hydrogen) atoms. The summed E-state index contributed by atoms with van der Waals surface area (Å²) >= 11 is 6.01. The smallest absolute Gasteiger partial charge is 0.228 e. The molecular weight excluding hydrogens is 326 g/mol. The van der Waals surface area contributed by atoms with Gasteiger partial charge in [-0.25, -0.2) is 14.6 Å². The van der Waals surface area contributed by atoms with Crippen LogP contribution in [0, 0.1) is 5.92 Å². The molecule has 1 aliphatic rings. The van der Waals surface area contributed by atoms with Crippen LogP contribution >= 0.6 is 11.6 Å². The lowest BCUT2D eigenvalue weighted by Gasteiger charge is -2.06. The van der Waals surface area contributed by atoms with Crippen molar-refractivity contribution in [3.63, 3.8) is 0 Å². The third-order valence-corrected chi connectivity index (χ3v) is 4.31. The van der Waals surface area contributed by atoms with Gasteiger partial charge in [0, 0.05) is 10.9 Å². The number of carbonyl (C=O) groups excluding carboxylic acids is 1. The molecule has 2 atom stereocenters. The van der Waals surface area contributed by atoms with Gasteiger partial charge in [-0.3, -0.25) is 4.79 Å². The van der Waals surface area contributed by atoms with Crippen LogP contribution in [0.5, 0.6) is 0 Å². The van der Waals surface area contributed by atoms with Gasteiger partial charge in [-0.1, -0.05) is 23.7 Å². The van der Waals surface area contributed by atoms with Crippen molar-refractivity contribution >= 4 is 23.2 Å². The predicted octanol–water partition coefficient (Wildman–Crippen LogP) is 3.06. The first-order chi connectivity index (χ1) is 11.7. The van der Waals surface area contributed by atoms with Gasteiger partial charge in [-0.2, -0.15) is 5.10 Å². The van der Waals surface area contributed by atoms with Crippen molar-refractivity contribution in [3.05, 3.63) is 65.8 Å². The summed E-state index contributed by atoms with van der Waals surface area (Å²) in [6.07, 6.45) is 5.48. The quantitative estimate of drug-likeness (QED) is 0.793. The Morgan fingerprint density at radius 3 is 2.92 bits per heavy atom. The third kappa shape index (κ3) is 3.00. The van der Waals surface area contributed by atoms with Crippen LogP contribution in [0.3, 0.4) is 0 Å². The molecule has 0 spiro atoms. The molecule has 4 rings (SSSR count). The second kappa shape index (κ2) is 6.05. The van der Waals surface area contributed by atoms with Gasteiger partial charge in [-0.05, 0) is 42.2 Å². The average Bonchev–Trinajstić information content (AvgIpc) is 3.22. The van der Waals surface area contributed by atoms with Crippen LogP contribution in [-0.4, -0.2) is 25.7 Å². The van der Waals surface area contributed by atoms with E-state index in [0.29, 0.717) is 16.5 Å². The second-order valence-corrected chi connectivity index (χ2v) is 6.17. The molecule has 1 aromatic carbocycles. The summed E-state index contributed by atoms with van der Waals surface area (Å²) in [7, 11) is 0. The third-order valence-electron chi connectivity index (χ3n) is 4.07. The molecular formula is C17H14ClN5O. The Hall–Kier alpha value is -2.73. The Kier molecular flexibility index (Phi) is 3.74. The van der Waals surface area contributed by atoms with Crippen LogP contribution in [0.1, 0.15) is 17.9 Å². The maximum atomic E-state index is 12.4. The molecule has 0 unspecified atom stereocenters. The Morgan fingerprint density at radius 1 is 1.29 bits per heavy atom. The van der Waals surface area contributed by atoms with Gasteiger partial charge < -0.3 is 5.32 Å². The predicted molar refractivity (Wildman–Crippen MR) is 90.1 cm³/mol. The standard InChI is InChI=1S/C17H14ClN5O/c18-12-3-1-2-11(6-12)14-7-15(14)17(24)22-13-4-5-16(20-8-13)23-10-19-9-21-23/h1-6,8-10,14-15H,7H2,(H,22,24)/t14-,15+/m0/s1. The first-order valence-corrected chi connectivity index (χ1v) is 7.96. The van der Waals surface area contributed by atoms with Crippen molar-refractivity contribution < 1.29 is 4.79 Å². The molecule has 2 aromatic heterocycles. The lowest BCUT2D eigenvalue weighted by Crippen LogP contribution is -2.15. The van der Waals surface area contributed by atoms with E-state index in [-0.39, 0.29) is 17.7 Å². The van der Waals surface area contributed by atoms with Crippen LogP contribution in [0.4, 0.5) is 5.69 Å². The van der Waals surface area contributed by atoms with Crippen LogP contribution in [-0.2, 0) is 4.79 Å². The molecule has 0 saturated heterocycles. The molecule has 120 valence electrons. The number of nitrogens with one attached hydrogen (secondary N) is 1. The topological polar surface area (TPSA) is 72.7 Å². The molecule has 0 radical (unpaired) electrons. The number of nitrogens with zero attached hydrogens (tertiary/aromatic N) is 4. The summed E-state index contributed by atoms with van der Waals surface area (Å²) in [4.78, 5) is 20.5. The van der Waals surface area contributed by atoms with E-state index in [4.69, 9.17) is 11.6 Å². The fourth-order valence-electron chi connectivity index (χ4n) is 2.75. The van der Waals surface area contributed by atoms with Crippen LogP contribution in [0.2, 0.25) is 5.02 Å². The number of carbonyl (C=O) groups is 1. The molecule has 3 aromatic rings. The normalized spacial score (nSPS) is 19.0. The summed E-state index contributed by atoms with van der Waals surface area (Å²) < 4.78 is 1.56. The molecule has 1 saturated carbocycles. The van der Waals surface area contributed by atoms with Crippen molar-refractivity contribution in [2.45, 2.75) is 12.3 Å². The average molecular weight is 340 g/mol. The highest BCUT2D eigenvalue weighted by atomic mass is 35.5. The zero-order chi connectivity index (χ0) is 16.5. The van der Waals surface area contributed by atoms with E-state index in [0.717, 1.165) is 12.0 Å². The SMILES string of the molecule is O=C(Nc1ccc(-n2cncn2)nc1)[C@@H]1C[C@H]1c1cccc(Cl)c1. The maximum absolute atomic E-state index is 12.4. The highest BCUT2D eigenvalue weighted by Gasteiger charge is 2.43. The molecule has 1 aliphatic carbocycles. The number of hydrogen-bond donors (Lipinski definition) is 1. The summed E-state index contributed by atoms with van der Waals surface area (Å²) in [5.74, 6) is 0.883. The van der Waals surface area contributed by atoms with E-state index in [2.05, 4.69) is 20.4 Å². The zero-order valence-electron chi connectivity index (χ0n) is 12.6. The molecule has 1 N–H and O–H groups in total. The first-order valence-electron chi connectivity index (χ1n) is 7.58. The summed E-state index contributed by atoms with van der Waals surface area (Å²) in [5.41, 5.74) is 1.78. The van der Waals surface area contributed by atoms with Gasteiger partial charge in [0.2, 0.25) is 5.91 Å². The monoisotopic (exact) mass is 339 g/mol. The van der Waals surface area contributed by atoms with E-state index in [1.54, 1.807) is 29.3 Å². The van der Waals surface area contributed by atoms with Gasteiger partial charge in [-0.15, -0.1) is 0 Å². The summed E-state index contributed by atoms with van der Waals surface area (Å²) in [6.45, 7) is 0. The fraction of sp³-hybridized carbons (Fsp3) is 0.176. The molecule has 2 heterocycles. The van der Waals surface area contributed by atoms with E-state index >= 15 is 0 Å². The Balaban J connectivity index is 1.40. The Bertz CT molecular complexity index is 863. The van der Waals surface area contributed by atoms with E-state index < -0.39 is 0 Å². The summed E-state index contributed by atoms with van der Waals surface area (Å²) in [6, 6.07) is 11.3. The lowest BCUT2D eigenvalue weighted by atomic mass is 10.1. The number of anilines is 1. The van der Waals surface area contributed by atoms with Crippen molar-refractivity contribution in [1.29, 1.82) is 0 Å². The number of rotatable bonds is 4. The fourth-order valence-corrected chi connectivity index (χ4v) is 2.95. The van der Waals surface area contributed by atoms with Gasteiger partial charge >= 0.3 is 0 Å². The Labute approximate surface area is 143 Å². The number of hydrogen-bond acceptors (Lipinski definition) is 4. The number of halogens is 1. The van der Waals surface area contributed by atoms with Crippen LogP contribution < -0.4 is 5.32 Å². The lowest BCUT2D eigenvalue weighted by molar-refractivity contribution is -0.117. The number of benzene rings is 1. The van der Waals surface area contributed by atoms with Crippen LogP contribution in [0.15, 0.2) is 55.2 Å². The van der Waals surface area contributed by atoms with Gasteiger partial charge in [0.05, 0.1) is 11.9 Å². The largest absolute Gasteiger partial charge is 0.324 e. The zero-order valence-corrected chi connectivity index (χ0v) is 13.4. The van der Waals surface area contributed by atoms with Crippen molar-refractivity contribution in [3.8, 4) is 5.82 Å². The van der Waals surface area contributed by atoms with E-state index in [9.17, 15) is 4.79 Å². The minimum atomic E-state index is -0.0153. The molecule has 0 aliphatic heterocycles. The van der Waals surface area contributed by atoms with E-state index in [1.165, 1.54) is 6.33 Å². The minimum Gasteiger partial charge on any atom is -0.324 e. The maximum Gasteiger partial charge on any atom is 0.228 e. The highest BCUT2D eigenvalue weighted by molar-refractivity contribution is 6.30. The molecule has 0 bridgehead atoms. The molecule has 1 fully saturated rings. The van der Waals surface area contributed by atoms with Crippen molar-refractivity contribution in [2.75, 3.05) is 5.32 Å². The molecule has 1 amide bonds. The molecule has 6 nitrogen and oxygen atoms in total. The first kappa shape index (κ1) is 14.8. The van der Waals surface area contributed by atoms with E-state index in [1.807, 2.05) is 24.3 Å². The van der Waals surface area contributed by atoms with Crippen LogP contribution in [0.25, 0.3) is 5.82 Å². The molecule has 7 heteroatoms. The highest BCUT2D eigenvalue weighted by Crippen LogP contribution is 2.48.